The van der Waals surface area contributed by atoms with Crippen molar-refractivity contribution in [3.8, 4) is 22.6 Å². The van der Waals surface area contributed by atoms with Crippen LogP contribution < -0.4 is 15.0 Å². The van der Waals surface area contributed by atoms with E-state index in [1.807, 2.05) is 54.6 Å². The van der Waals surface area contributed by atoms with Gasteiger partial charge in [-0.15, -0.1) is 0 Å². The molecule has 0 amide bonds. The van der Waals surface area contributed by atoms with Gasteiger partial charge in [0.25, 0.3) is 5.56 Å². The van der Waals surface area contributed by atoms with E-state index in [4.69, 9.17) is 19.7 Å². The minimum atomic E-state index is -0.820. The highest BCUT2D eigenvalue weighted by atomic mass is 16.5. The van der Waals surface area contributed by atoms with E-state index in [1.54, 1.807) is 31.0 Å². The van der Waals surface area contributed by atoms with E-state index in [2.05, 4.69) is 0 Å². The summed E-state index contributed by atoms with van der Waals surface area (Å²) in [7, 11) is 4.22. The highest BCUT2D eigenvalue weighted by molar-refractivity contribution is 6.01. The van der Waals surface area contributed by atoms with Crippen LogP contribution in [0.1, 0.15) is 17.5 Å². The molecular weight excluding hydrogens is 446 g/mol. The lowest BCUT2D eigenvalue weighted by Crippen LogP contribution is -2.18. The third-order valence-corrected chi connectivity index (χ3v) is 5.71. The number of benzene rings is 3. The van der Waals surface area contributed by atoms with Crippen molar-refractivity contribution in [2.24, 2.45) is 0 Å². The third kappa shape index (κ3) is 5.70. The molecule has 0 bridgehead atoms. The van der Waals surface area contributed by atoms with Crippen LogP contribution in [0.5, 0.6) is 11.5 Å². The Labute approximate surface area is 203 Å². The number of nitrogens with zero attached hydrogens (tertiary/aromatic N) is 1. The van der Waals surface area contributed by atoms with E-state index in [1.165, 1.54) is 6.07 Å². The van der Waals surface area contributed by atoms with E-state index in [0.717, 1.165) is 40.1 Å². The lowest BCUT2D eigenvalue weighted by molar-refractivity contribution is -0.136. The number of aromatic nitrogens is 1. The Balaban J connectivity index is 0.00000167. The number of rotatable bonds is 8. The van der Waals surface area contributed by atoms with Gasteiger partial charge >= 0.3 is 5.97 Å². The van der Waals surface area contributed by atoms with Gasteiger partial charge in [-0.1, -0.05) is 42.5 Å². The lowest BCUT2D eigenvalue weighted by Gasteiger charge is -2.18. The fraction of sp³-hybridized carbons (Fsp3) is 0.214. The topological polar surface area (TPSA) is 98.0 Å². The summed E-state index contributed by atoms with van der Waals surface area (Å²) in [6.07, 6.45) is 2.28. The number of aliphatic hydroxyl groups excluding tert-OH is 1. The monoisotopic (exact) mass is 475 g/mol. The maximum atomic E-state index is 12.2. The van der Waals surface area contributed by atoms with Crippen molar-refractivity contribution in [1.82, 2.24) is 4.57 Å². The summed E-state index contributed by atoms with van der Waals surface area (Å²) in [6, 6.07) is 20.8. The van der Waals surface area contributed by atoms with Crippen LogP contribution >= 0.6 is 0 Å². The molecule has 3 aromatic carbocycles. The molecule has 0 fully saturated rings. The molecule has 7 heteroatoms. The molecule has 0 unspecified atom stereocenters. The smallest absolute Gasteiger partial charge is 0.303 e. The Morgan fingerprint density at radius 2 is 1.54 bits per heavy atom. The van der Waals surface area contributed by atoms with Crippen LogP contribution in [0.25, 0.3) is 21.9 Å². The first-order valence-corrected chi connectivity index (χ1v) is 11.1. The molecule has 2 N–H and O–H groups in total. The summed E-state index contributed by atoms with van der Waals surface area (Å²) in [4.78, 5) is 23.3. The molecule has 4 aromatic rings. The Bertz CT molecular complexity index is 1350. The van der Waals surface area contributed by atoms with E-state index < -0.39 is 5.97 Å². The van der Waals surface area contributed by atoms with Crippen molar-refractivity contribution >= 4 is 16.7 Å². The van der Waals surface area contributed by atoms with Gasteiger partial charge in [0.05, 0.1) is 26.3 Å². The number of carboxylic acids is 1. The van der Waals surface area contributed by atoms with Crippen molar-refractivity contribution in [2.75, 3.05) is 21.3 Å². The van der Waals surface area contributed by atoms with Gasteiger partial charge in [0.15, 0.2) is 0 Å². The Morgan fingerprint density at radius 1 is 0.886 bits per heavy atom. The van der Waals surface area contributed by atoms with Gasteiger partial charge in [-0.2, -0.15) is 0 Å². The zero-order valence-corrected chi connectivity index (χ0v) is 20.0. The number of ether oxygens (including phenoxy) is 2. The average molecular weight is 476 g/mol. The van der Waals surface area contributed by atoms with Crippen molar-refractivity contribution in [2.45, 2.75) is 19.4 Å². The molecule has 1 heterocycles. The number of fused-ring (bicyclic) bond motifs is 1. The van der Waals surface area contributed by atoms with E-state index in [0.29, 0.717) is 24.5 Å². The summed E-state index contributed by atoms with van der Waals surface area (Å²) >= 11 is 0. The second kappa shape index (κ2) is 11.9. The molecule has 1 aromatic heterocycles. The number of methoxy groups -OCH3 is 2. The average Bonchev–Trinajstić information content (AvgIpc) is 2.89. The van der Waals surface area contributed by atoms with Crippen LogP contribution in [0.4, 0.5) is 0 Å². The number of aliphatic hydroxyl groups is 1. The van der Waals surface area contributed by atoms with Crippen LogP contribution in [-0.2, 0) is 17.8 Å². The van der Waals surface area contributed by atoms with Crippen molar-refractivity contribution in [1.29, 1.82) is 0 Å². The second-order valence-corrected chi connectivity index (χ2v) is 7.75. The SMILES string of the molecule is CO.COc1cc(Cn2ccccc2=O)cc(OC)c1-c1cccc2c(CCC(=O)O)cccc12. The summed E-state index contributed by atoms with van der Waals surface area (Å²) in [5.74, 6) is 0.452. The minimum Gasteiger partial charge on any atom is -0.496 e. The van der Waals surface area contributed by atoms with E-state index in [-0.39, 0.29) is 12.0 Å². The molecular formula is C28H29NO6. The van der Waals surface area contributed by atoms with Crippen molar-refractivity contribution in [3.05, 3.63) is 94.4 Å². The molecule has 4 rings (SSSR count). The third-order valence-electron chi connectivity index (χ3n) is 5.71. The number of carboxylic acid groups (broad SMARTS) is 1. The Hall–Kier alpha value is -4.10. The van der Waals surface area contributed by atoms with Crippen LogP contribution in [0, 0.1) is 0 Å². The summed E-state index contributed by atoms with van der Waals surface area (Å²) in [6.45, 7) is 0.390. The van der Waals surface area contributed by atoms with Gasteiger partial charge in [0.2, 0.25) is 0 Å². The summed E-state index contributed by atoms with van der Waals surface area (Å²) in [5, 5.41) is 18.1. The predicted octanol–water partition coefficient (Wildman–Crippen LogP) is 4.36. The number of pyridine rings is 1. The number of hydrogen-bond donors (Lipinski definition) is 2. The highest BCUT2D eigenvalue weighted by Crippen LogP contribution is 2.43. The van der Waals surface area contributed by atoms with E-state index >= 15 is 0 Å². The van der Waals surface area contributed by atoms with E-state index in [9.17, 15) is 9.59 Å². The fourth-order valence-corrected chi connectivity index (χ4v) is 4.16. The molecule has 0 aliphatic carbocycles. The maximum Gasteiger partial charge on any atom is 0.303 e. The first-order valence-electron chi connectivity index (χ1n) is 11.1. The fourth-order valence-electron chi connectivity index (χ4n) is 4.16. The van der Waals surface area contributed by atoms with Crippen molar-refractivity contribution < 1.29 is 24.5 Å². The first kappa shape index (κ1) is 25.5. The molecule has 0 aliphatic rings. The van der Waals surface area contributed by atoms with Crippen LogP contribution in [0.2, 0.25) is 0 Å². The second-order valence-electron chi connectivity index (χ2n) is 7.75. The van der Waals surface area contributed by atoms with Crippen LogP contribution in [0.15, 0.2) is 77.7 Å². The highest BCUT2D eigenvalue weighted by Gasteiger charge is 2.18. The molecule has 0 atom stereocenters. The number of hydrogen-bond acceptors (Lipinski definition) is 5. The molecule has 0 spiro atoms. The first-order chi connectivity index (χ1) is 17.0. The predicted molar refractivity (Wildman–Crippen MR) is 136 cm³/mol. The lowest BCUT2D eigenvalue weighted by atomic mass is 9.92. The zero-order chi connectivity index (χ0) is 25.4. The molecule has 7 nitrogen and oxygen atoms in total. The van der Waals surface area contributed by atoms with Gasteiger partial charge in [-0.3, -0.25) is 9.59 Å². The van der Waals surface area contributed by atoms with Gasteiger partial charge in [-0.25, -0.2) is 0 Å². The molecule has 0 aliphatic heterocycles. The Morgan fingerprint density at radius 3 is 2.17 bits per heavy atom. The van der Waals surface area contributed by atoms with Crippen LogP contribution in [-0.4, -0.2) is 42.1 Å². The number of carbonyl (C=O) groups is 1. The molecule has 0 radical (unpaired) electrons. The standard InChI is InChI=1S/C27H25NO5.CH4O/c1-32-23-15-18(17-28-14-4-3-11-25(28)29)16-24(33-2)27(23)22-10-6-8-20-19(12-13-26(30)31)7-5-9-21(20)22;1-2/h3-11,14-16H,12-13,17H2,1-2H3,(H,30,31);2H,1H3. The largest absolute Gasteiger partial charge is 0.496 e. The number of aliphatic carboxylic acids is 1. The number of aryl methyl sites for hydroxylation is 1. The molecule has 182 valence electrons. The van der Waals surface area contributed by atoms with Gasteiger partial charge in [0.1, 0.15) is 11.5 Å². The van der Waals surface area contributed by atoms with Gasteiger partial charge < -0.3 is 24.3 Å². The van der Waals surface area contributed by atoms with Crippen LogP contribution in [0.3, 0.4) is 0 Å². The maximum absolute atomic E-state index is 12.2. The minimum absolute atomic E-state index is 0.0730. The molecule has 0 saturated carbocycles. The molecule has 0 saturated heterocycles. The Kier molecular flexibility index (Phi) is 8.64. The quantitative estimate of drug-likeness (QED) is 0.393. The summed E-state index contributed by atoms with van der Waals surface area (Å²) in [5.41, 5.74) is 3.52. The normalized spacial score (nSPS) is 10.4. The van der Waals surface area contributed by atoms with Gasteiger partial charge in [-0.05, 0) is 52.1 Å². The zero-order valence-electron chi connectivity index (χ0n) is 20.0. The van der Waals surface area contributed by atoms with Crippen molar-refractivity contribution in [3.63, 3.8) is 0 Å². The van der Waals surface area contributed by atoms with Gasteiger partial charge in [0, 0.05) is 25.8 Å². The summed E-state index contributed by atoms with van der Waals surface area (Å²) < 4.78 is 13.2. The molecule has 35 heavy (non-hydrogen) atoms.